The largest absolute Gasteiger partial charge is 0.573 e. The number of hydrogen-bond donors (Lipinski definition) is 2. The van der Waals surface area contributed by atoms with E-state index in [9.17, 15) is 23.1 Å². The molecule has 1 heterocycles. The second-order valence-electron chi connectivity index (χ2n) is 8.40. The Hall–Kier alpha value is -3.23. The normalized spacial score (nSPS) is 18.3. The molecule has 3 aromatic rings. The van der Waals surface area contributed by atoms with Gasteiger partial charge in [-0.3, -0.25) is 0 Å². The van der Waals surface area contributed by atoms with Crippen molar-refractivity contribution < 1.29 is 27.8 Å². The van der Waals surface area contributed by atoms with Gasteiger partial charge in [0.2, 0.25) is 0 Å². The third kappa shape index (κ3) is 6.46. The number of alkyl halides is 3. The fourth-order valence-electron chi connectivity index (χ4n) is 4.41. The van der Waals surface area contributed by atoms with Crippen molar-refractivity contribution in [2.75, 3.05) is 13.1 Å². The summed E-state index contributed by atoms with van der Waals surface area (Å²) in [5.41, 5.74) is 2.86. The van der Waals surface area contributed by atoms with Gasteiger partial charge >= 0.3 is 12.5 Å². The number of ether oxygens (including phenoxy) is 1. The Bertz CT molecular complexity index is 1160. The second-order valence-corrected chi connectivity index (χ2v) is 8.84. The van der Waals surface area contributed by atoms with Crippen molar-refractivity contribution in [3.8, 4) is 16.9 Å². The van der Waals surface area contributed by atoms with Gasteiger partial charge in [0, 0.05) is 42.2 Å². The van der Waals surface area contributed by atoms with E-state index in [4.69, 9.17) is 11.6 Å². The lowest BCUT2D eigenvalue weighted by molar-refractivity contribution is -0.274. The first-order chi connectivity index (χ1) is 16.7. The van der Waals surface area contributed by atoms with Gasteiger partial charge in [-0.2, -0.15) is 0 Å². The molecule has 5 nitrogen and oxygen atoms in total. The molecule has 0 radical (unpaired) electrons. The number of halogens is 4. The Morgan fingerprint density at radius 3 is 2.40 bits per heavy atom. The molecule has 1 aliphatic heterocycles. The van der Waals surface area contributed by atoms with Crippen molar-refractivity contribution in [3.05, 3.63) is 88.9 Å². The molecule has 0 bridgehead atoms. The average molecular weight is 505 g/mol. The standard InChI is InChI=1S/C26H24ClF3N2O3/c27-21-9-6-17(7-10-21)19-8-11-24(35-26(28,29)30)20(14-19)15-31-23-12-13-32(25(33)34)16-22(23)18-4-2-1-3-5-18/h1-11,14,22-23,31H,12-13,15-16H2,(H,33,34)/t22-,23-/m0/s1. The number of rotatable bonds is 6. The molecule has 9 heteroatoms. The number of amides is 1. The van der Waals surface area contributed by atoms with Crippen molar-refractivity contribution in [2.45, 2.75) is 31.3 Å². The summed E-state index contributed by atoms with van der Waals surface area (Å²) in [5.74, 6) is -0.422. The van der Waals surface area contributed by atoms with E-state index in [1.807, 2.05) is 30.3 Å². The van der Waals surface area contributed by atoms with Gasteiger partial charge < -0.3 is 20.1 Å². The van der Waals surface area contributed by atoms with Gasteiger partial charge in [-0.25, -0.2) is 4.79 Å². The Morgan fingerprint density at radius 2 is 1.74 bits per heavy atom. The Balaban J connectivity index is 1.60. The fourth-order valence-corrected chi connectivity index (χ4v) is 4.54. The lowest BCUT2D eigenvalue weighted by Crippen LogP contribution is -2.49. The van der Waals surface area contributed by atoms with Crippen LogP contribution in [-0.2, 0) is 6.54 Å². The molecule has 1 aliphatic rings. The van der Waals surface area contributed by atoms with Crippen LogP contribution in [0.4, 0.5) is 18.0 Å². The maximum Gasteiger partial charge on any atom is 0.573 e. The zero-order valence-corrected chi connectivity index (χ0v) is 19.4. The lowest BCUT2D eigenvalue weighted by Gasteiger charge is -2.38. The molecule has 1 saturated heterocycles. The number of carbonyl (C=O) groups is 1. The molecule has 0 aliphatic carbocycles. The number of nitrogens with one attached hydrogen (secondary N) is 1. The van der Waals surface area contributed by atoms with Crippen LogP contribution < -0.4 is 10.1 Å². The Kier molecular flexibility index (Phi) is 7.52. The van der Waals surface area contributed by atoms with E-state index in [0.29, 0.717) is 30.1 Å². The van der Waals surface area contributed by atoms with Crippen molar-refractivity contribution in [1.29, 1.82) is 0 Å². The summed E-state index contributed by atoms with van der Waals surface area (Å²) in [6.45, 7) is 0.759. The topological polar surface area (TPSA) is 61.8 Å². The predicted octanol–water partition coefficient (Wildman–Crippen LogP) is 6.53. The van der Waals surface area contributed by atoms with Gasteiger partial charge in [-0.05, 0) is 47.4 Å². The molecule has 2 N–H and O–H groups in total. The van der Waals surface area contributed by atoms with E-state index < -0.39 is 12.5 Å². The molecule has 0 aromatic heterocycles. The molecular formula is C26H24ClF3N2O3. The van der Waals surface area contributed by atoms with Crippen LogP contribution in [0.25, 0.3) is 11.1 Å². The minimum absolute atomic E-state index is 0.119. The number of carboxylic acid groups (broad SMARTS) is 1. The first-order valence-electron chi connectivity index (χ1n) is 11.1. The smallest absolute Gasteiger partial charge is 0.465 e. The number of nitrogens with zero attached hydrogens (tertiary/aromatic N) is 1. The van der Waals surface area contributed by atoms with E-state index >= 15 is 0 Å². The molecule has 1 fully saturated rings. The predicted molar refractivity (Wildman–Crippen MR) is 128 cm³/mol. The Morgan fingerprint density at radius 1 is 1.06 bits per heavy atom. The van der Waals surface area contributed by atoms with Gasteiger partial charge in [0.1, 0.15) is 5.75 Å². The zero-order valence-electron chi connectivity index (χ0n) is 18.6. The van der Waals surface area contributed by atoms with Gasteiger partial charge in [0.25, 0.3) is 0 Å². The molecule has 0 spiro atoms. The lowest BCUT2D eigenvalue weighted by atomic mass is 9.86. The summed E-state index contributed by atoms with van der Waals surface area (Å²) >= 11 is 5.96. The molecule has 3 aromatic carbocycles. The highest BCUT2D eigenvalue weighted by Gasteiger charge is 2.34. The van der Waals surface area contributed by atoms with Crippen LogP contribution in [0.3, 0.4) is 0 Å². The van der Waals surface area contributed by atoms with Crippen LogP contribution in [0, 0.1) is 0 Å². The first-order valence-corrected chi connectivity index (χ1v) is 11.5. The molecule has 0 saturated carbocycles. The summed E-state index contributed by atoms with van der Waals surface area (Å²) in [6.07, 6.45) is -5.28. The maximum absolute atomic E-state index is 13.1. The van der Waals surface area contributed by atoms with Crippen LogP contribution >= 0.6 is 11.6 Å². The number of hydrogen-bond acceptors (Lipinski definition) is 3. The van der Waals surface area contributed by atoms with E-state index in [2.05, 4.69) is 10.1 Å². The monoisotopic (exact) mass is 504 g/mol. The minimum atomic E-state index is -4.82. The van der Waals surface area contributed by atoms with Crippen LogP contribution in [-0.4, -0.2) is 41.6 Å². The number of piperidine rings is 1. The van der Waals surface area contributed by atoms with Crippen molar-refractivity contribution in [3.63, 3.8) is 0 Å². The van der Waals surface area contributed by atoms with E-state index in [1.54, 1.807) is 36.4 Å². The highest BCUT2D eigenvalue weighted by molar-refractivity contribution is 6.30. The highest BCUT2D eigenvalue weighted by atomic mass is 35.5. The molecule has 0 unspecified atom stereocenters. The highest BCUT2D eigenvalue weighted by Crippen LogP contribution is 2.33. The SMILES string of the molecule is O=C(O)N1CC[C@H](NCc2cc(-c3ccc(Cl)cc3)ccc2OC(F)(F)F)[C@H](c2ccccc2)C1. The number of benzene rings is 3. The fraction of sp³-hybridized carbons (Fsp3) is 0.269. The van der Waals surface area contributed by atoms with Crippen LogP contribution in [0.5, 0.6) is 5.75 Å². The Labute approximate surface area is 206 Å². The summed E-state index contributed by atoms with van der Waals surface area (Å²) in [5, 5.41) is 13.4. The van der Waals surface area contributed by atoms with Crippen LogP contribution in [0.2, 0.25) is 5.02 Å². The summed E-state index contributed by atoms with van der Waals surface area (Å²) in [6, 6.07) is 21.0. The molecule has 4 rings (SSSR count). The molecule has 2 atom stereocenters. The van der Waals surface area contributed by atoms with E-state index in [-0.39, 0.29) is 24.3 Å². The quantitative estimate of drug-likeness (QED) is 0.400. The average Bonchev–Trinajstić information content (AvgIpc) is 2.83. The summed E-state index contributed by atoms with van der Waals surface area (Å²) in [4.78, 5) is 12.9. The zero-order chi connectivity index (χ0) is 25.0. The van der Waals surface area contributed by atoms with Gasteiger partial charge in [0.15, 0.2) is 0 Å². The van der Waals surface area contributed by atoms with E-state index in [1.165, 1.54) is 11.0 Å². The summed E-state index contributed by atoms with van der Waals surface area (Å²) < 4.78 is 43.5. The maximum atomic E-state index is 13.1. The molecule has 184 valence electrons. The van der Waals surface area contributed by atoms with Crippen LogP contribution in [0.1, 0.15) is 23.5 Å². The van der Waals surface area contributed by atoms with Crippen molar-refractivity contribution in [1.82, 2.24) is 10.2 Å². The van der Waals surface area contributed by atoms with E-state index in [0.717, 1.165) is 16.7 Å². The molecule has 35 heavy (non-hydrogen) atoms. The minimum Gasteiger partial charge on any atom is -0.465 e. The molecule has 1 amide bonds. The molecular weight excluding hydrogens is 481 g/mol. The van der Waals surface area contributed by atoms with Gasteiger partial charge in [0.05, 0.1) is 0 Å². The summed E-state index contributed by atoms with van der Waals surface area (Å²) in [7, 11) is 0. The van der Waals surface area contributed by atoms with Gasteiger partial charge in [-0.1, -0.05) is 60.1 Å². The van der Waals surface area contributed by atoms with Crippen molar-refractivity contribution in [2.24, 2.45) is 0 Å². The van der Waals surface area contributed by atoms with Crippen molar-refractivity contribution >= 4 is 17.7 Å². The first kappa shape index (κ1) is 24.9. The third-order valence-electron chi connectivity index (χ3n) is 6.13. The van der Waals surface area contributed by atoms with Crippen LogP contribution in [0.15, 0.2) is 72.8 Å². The third-order valence-corrected chi connectivity index (χ3v) is 6.38. The number of likely N-dealkylation sites (tertiary alicyclic amines) is 1. The second kappa shape index (κ2) is 10.6. The van der Waals surface area contributed by atoms with Gasteiger partial charge in [-0.15, -0.1) is 13.2 Å².